The van der Waals surface area contributed by atoms with Crippen LogP contribution in [-0.2, 0) is 0 Å². The fraction of sp³-hybridized carbons (Fsp3) is 0.0625. The van der Waals surface area contributed by atoms with Crippen molar-refractivity contribution >= 4 is 23.2 Å². The number of hydrogen-bond acceptors (Lipinski definition) is 2. The zero-order chi connectivity index (χ0) is 14.1. The van der Waals surface area contributed by atoms with Crippen molar-refractivity contribution in [2.75, 3.05) is 0 Å². The smallest absolute Gasteiger partial charge is 0.293 e. The first kappa shape index (κ1) is 13.2. The van der Waals surface area contributed by atoms with Crippen molar-refractivity contribution in [3.63, 3.8) is 0 Å². The van der Waals surface area contributed by atoms with Crippen LogP contribution in [0.2, 0.25) is 10.4 Å². The molecule has 0 atom stereocenters. The molecule has 2 aromatic carbocycles. The average Bonchev–Trinajstić information content (AvgIpc) is 2.82. The summed E-state index contributed by atoms with van der Waals surface area (Å²) in [5.41, 5.74) is 3.79. The van der Waals surface area contributed by atoms with Crippen molar-refractivity contribution in [2.45, 2.75) is 6.92 Å². The Morgan fingerprint density at radius 3 is 2.10 bits per heavy atom. The highest BCUT2D eigenvalue weighted by Gasteiger charge is 2.15. The fourth-order valence-corrected chi connectivity index (χ4v) is 2.29. The molecule has 20 heavy (non-hydrogen) atoms. The van der Waals surface area contributed by atoms with Gasteiger partial charge in [0.15, 0.2) is 5.76 Å². The Labute approximate surface area is 127 Å². The van der Waals surface area contributed by atoms with E-state index in [4.69, 9.17) is 27.6 Å². The van der Waals surface area contributed by atoms with Crippen molar-refractivity contribution in [1.82, 2.24) is 4.98 Å². The predicted molar refractivity (Wildman–Crippen MR) is 82.1 cm³/mol. The molecule has 0 fully saturated rings. The summed E-state index contributed by atoms with van der Waals surface area (Å²) in [4.78, 5) is 4.28. The molecule has 0 aliphatic carbocycles. The summed E-state index contributed by atoms with van der Waals surface area (Å²) in [5.74, 6) is 0.649. The Kier molecular flexibility index (Phi) is 3.51. The highest BCUT2D eigenvalue weighted by atomic mass is 35.5. The Morgan fingerprint density at radius 2 is 1.45 bits per heavy atom. The molecule has 3 rings (SSSR count). The van der Waals surface area contributed by atoms with E-state index in [2.05, 4.69) is 4.98 Å². The largest absolute Gasteiger partial charge is 0.427 e. The number of aryl methyl sites for hydroxylation is 1. The van der Waals surface area contributed by atoms with Crippen LogP contribution in [0.3, 0.4) is 0 Å². The van der Waals surface area contributed by atoms with Gasteiger partial charge in [0, 0.05) is 16.1 Å². The van der Waals surface area contributed by atoms with Crippen LogP contribution in [0.25, 0.3) is 22.6 Å². The monoisotopic (exact) mass is 303 g/mol. The van der Waals surface area contributed by atoms with E-state index in [1.54, 1.807) is 0 Å². The number of benzene rings is 2. The molecular weight excluding hydrogens is 293 g/mol. The molecule has 0 saturated carbocycles. The van der Waals surface area contributed by atoms with E-state index in [1.807, 2.05) is 55.5 Å². The summed E-state index contributed by atoms with van der Waals surface area (Å²) in [6.45, 7) is 2.04. The summed E-state index contributed by atoms with van der Waals surface area (Å²) in [5, 5.41) is 0.807. The zero-order valence-electron chi connectivity index (χ0n) is 10.7. The van der Waals surface area contributed by atoms with Gasteiger partial charge in [0.25, 0.3) is 5.35 Å². The second-order valence-electron chi connectivity index (χ2n) is 4.52. The summed E-state index contributed by atoms with van der Waals surface area (Å²) in [6.07, 6.45) is 0. The molecule has 3 aromatic rings. The molecule has 4 heteroatoms. The second kappa shape index (κ2) is 5.31. The first-order valence-corrected chi connectivity index (χ1v) is 6.88. The van der Waals surface area contributed by atoms with Gasteiger partial charge in [0.2, 0.25) is 0 Å². The van der Waals surface area contributed by atoms with Crippen LogP contribution in [-0.4, -0.2) is 4.98 Å². The Bertz CT molecular complexity index is 667. The maximum Gasteiger partial charge on any atom is 0.293 e. The molecule has 0 spiro atoms. The van der Waals surface area contributed by atoms with E-state index in [0.29, 0.717) is 10.8 Å². The summed E-state index contributed by atoms with van der Waals surface area (Å²) >= 11 is 11.8. The highest BCUT2D eigenvalue weighted by Crippen LogP contribution is 2.34. The minimum atomic E-state index is 0.130. The standard InChI is InChI=1S/C16H11Cl2NO/c1-10-2-4-11(5-3-10)14-15(20-16(18)19-14)12-6-8-13(17)9-7-12/h2-9H,1H3. The molecule has 0 aliphatic heterocycles. The van der Waals surface area contributed by atoms with Gasteiger partial charge < -0.3 is 4.42 Å². The van der Waals surface area contributed by atoms with Gasteiger partial charge in [-0.15, -0.1) is 0 Å². The van der Waals surface area contributed by atoms with Crippen LogP contribution >= 0.6 is 23.2 Å². The lowest BCUT2D eigenvalue weighted by Crippen LogP contribution is -1.83. The third kappa shape index (κ3) is 2.58. The summed E-state index contributed by atoms with van der Waals surface area (Å²) in [6, 6.07) is 15.5. The van der Waals surface area contributed by atoms with Crippen molar-refractivity contribution in [2.24, 2.45) is 0 Å². The van der Waals surface area contributed by atoms with Crippen LogP contribution in [0, 0.1) is 6.92 Å². The summed E-state index contributed by atoms with van der Waals surface area (Å²) < 4.78 is 5.54. The van der Waals surface area contributed by atoms with Gasteiger partial charge in [-0.3, -0.25) is 0 Å². The Hall–Kier alpha value is -1.77. The zero-order valence-corrected chi connectivity index (χ0v) is 12.2. The van der Waals surface area contributed by atoms with Crippen LogP contribution in [0.5, 0.6) is 0 Å². The number of aromatic nitrogens is 1. The molecule has 0 amide bonds. The van der Waals surface area contributed by atoms with Crippen LogP contribution < -0.4 is 0 Å². The van der Waals surface area contributed by atoms with E-state index in [1.165, 1.54) is 5.56 Å². The number of oxazole rings is 1. The lowest BCUT2D eigenvalue weighted by atomic mass is 10.0. The van der Waals surface area contributed by atoms with Gasteiger partial charge in [-0.25, -0.2) is 0 Å². The number of hydrogen-bond donors (Lipinski definition) is 0. The first-order chi connectivity index (χ1) is 9.63. The van der Waals surface area contributed by atoms with Crippen LogP contribution in [0.1, 0.15) is 5.56 Å². The van der Waals surface area contributed by atoms with Crippen molar-refractivity contribution in [1.29, 1.82) is 0 Å². The molecular formula is C16H11Cl2NO. The minimum Gasteiger partial charge on any atom is -0.427 e. The topological polar surface area (TPSA) is 26.0 Å². The third-order valence-electron chi connectivity index (χ3n) is 3.03. The van der Waals surface area contributed by atoms with Gasteiger partial charge >= 0.3 is 0 Å². The molecule has 100 valence electrons. The SMILES string of the molecule is Cc1ccc(-c2nc(Cl)oc2-c2ccc(Cl)cc2)cc1. The minimum absolute atomic E-state index is 0.130. The average molecular weight is 304 g/mol. The Balaban J connectivity index is 2.12. The van der Waals surface area contributed by atoms with E-state index in [0.717, 1.165) is 16.8 Å². The molecule has 0 N–H and O–H groups in total. The lowest BCUT2D eigenvalue weighted by molar-refractivity contribution is 0.574. The highest BCUT2D eigenvalue weighted by molar-refractivity contribution is 6.30. The quantitative estimate of drug-likeness (QED) is 0.613. The predicted octanol–water partition coefficient (Wildman–Crippen LogP) is 5.62. The third-order valence-corrected chi connectivity index (χ3v) is 3.45. The molecule has 0 bridgehead atoms. The number of rotatable bonds is 2. The van der Waals surface area contributed by atoms with Gasteiger partial charge in [-0.2, -0.15) is 4.98 Å². The molecule has 0 saturated heterocycles. The first-order valence-electron chi connectivity index (χ1n) is 6.13. The maximum atomic E-state index is 5.92. The second-order valence-corrected chi connectivity index (χ2v) is 5.28. The summed E-state index contributed by atoms with van der Waals surface area (Å²) in [7, 11) is 0. The molecule has 0 radical (unpaired) electrons. The van der Waals surface area contributed by atoms with Gasteiger partial charge in [-0.05, 0) is 42.8 Å². The fourth-order valence-electron chi connectivity index (χ4n) is 2.00. The molecule has 0 unspecified atom stereocenters. The van der Waals surface area contributed by atoms with E-state index in [9.17, 15) is 0 Å². The van der Waals surface area contributed by atoms with Crippen LogP contribution in [0.4, 0.5) is 0 Å². The number of halogens is 2. The van der Waals surface area contributed by atoms with E-state index < -0.39 is 0 Å². The van der Waals surface area contributed by atoms with Gasteiger partial charge in [-0.1, -0.05) is 41.4 Å². The molecule has 0 aliphatic rings. The Morgan fingerprint density at radius 1 is 0.850 bits per heavy atom. The van der Waals surface area contributed by atoms with Gasteiger partial charge in [0.1, 0.15) is 5.69 Å². The van der Waals surface area contributed by atoms with E-state index in [-0.39, 0.29) is 5.35 Å². The molecule has 1 heterocycles. The molecule has 1 aromatic heterocycles. The van der Waals surface area contributed by atoms with Crippen LogP contribution in [0.15, 0.2) is 52.9 Å². The lowest BCUT2D eigenvalue weighted by Gasteiger charge is -2.02. The van der Waals surface area contributed by atoms with Crippen molar-refractivity contribution in [3.05, 3.63) is 64.5 Å². The van der Waals surface area contributed by atoms with Crippen molar-refractivity contribution in [3.8, 4) is 22.6 Å². The van der Waals surface area contributed by atoms with Gasteiger partial charge in [0.05, 0.1) is 0 Å². The van der Waals surface area contributed by atoms with Crippen molar-refractivity contribution < 1.29 is 4.42 Å². The van der Waals surface area contributed by atoms with E-state index >= 15 is 0 Å². The normalized spacial score (nSPS) is 10.8. The molecule has 2 nitrogen and oxygen atoms in total. The number of nitrogens with zero attached hydrogens (tertiary/aromatic N) is 1. The maximum absolute atomic E-state index is 5.92.